The molecule has 0 heterocycles. The maximum atomic E-state index is 9.86. The number of hydrogen-bond acceptors (Lipinski definition) is 3. The van der Waals surface area contributed by atoms with E-state index in [9.17, 15) is 9.79 Å². The first kappa shape index (κ1) is 28.4. The molecule has 3 aromatic rings. The lowest BCUT2D eigenvalue weighted by molar-refractivity contribution is 0.367. The summed E-state index contributed by atoms with van der Waals surface area (Å²) in [4.78, 5) is 19.7. The number of rotatable bonds is 10. The Balaban J connectivity index is 2.49. The molecule has 3 rings (SSSR count). The van der Waals surface area contributed by atoms with Gasteiger partial charge in [-0.1, -0.05) is 110 Å². The molecule has 3 nitrogen and oxygen atoms in total. The summed E-state index contributed by atoms with van der Waals surface area (Å²) in [6, 6.07) is 21.6. The number of hydrogen-bond donors (Lipinski definition) is 2. The molecule has 0 aliphatic rings. The maximum absolute atomic E-state index is 9.86. The zero-order chi connectivity index (χ0) is 26.7. The molecule has 4 heteroatoms. The quantitative estimate of drug-likeness (QED) is 0.270. The van der Waals surface area contributed by atoms with Gasteiger partial charge in [0.2, 0.25) is 0 Å². The number of aryl methyl sites for hydroxylation is 1. The smallest absolute Gasteiger partial charge is 0.391 e. The third-order valence-corrected chi connectivity index (χ3v) is 8.44. The van der Waals surface area contributed by atoms with Gasteiger partial charge in [0.05, 0.1) is 0 Å². The Labute approximate surface area is 219 Å². The predicted molar refractivity (Wildman–Crippen MR) is 154 cm³/mol. The van der Waals surface area contributed by atoms with E-state index in [-0.39, 0.29) is 16.7 Å². The van der Waals surface area contributed by atoms with E-state index in [1.807, 2.05) is 6.07 Å². The van der Waals surface area contributed by atoms with Crippen molar-refractivity contribution in [2.75, 3.05) is 0 Å². The molecule has 36 heavy (non-hydrogen) atoms. The van der Waals surface area contributed by atoms with E-state index in [1.165, 1.54) is 33.4 Å². The van der Waals surface area contributed by atoms with Crippen molar-refractivity contribution >= 4 is 8.60 Å². The summed E-state index contributed by atoms with van der Waals surface area (Å²) in [5.74, 6) is 0.752. The molecule has 0 amide bonds. The fourth-order valence-electron chi connectivity index (χ4n) is 4.97. The molecule has 0 saturated heterocycles. The lowest BCUT2D eigenvalue weighted by atomic mass is 9.69. The van der Waals surface area contributed by atoms with Crippen LogP contribution in [-0.4, -0.2) is 9.79 Å². The molecule has 0 fully saturated rings. The van der Waals surface area contributed by atoms with Gasteiger partial charge in [-0.3, -0.25) is 0 Å². The monoisotopic (exact) mass is 506 g/mol. The Bertz CT molecular complexity index is 1170. The van der Waals surface area contributed by atoms with Crippen LogP contribution in [0.25, 0.3) is 11.1 Å². The zero-order valence-electron chi connectivity index (χ0n) is 23.2. The van der Waals surface area contributed by atoms with Crippen molar-refractivity contribution < 1.29 is 14.3 Å². The first-order chi connectivity index (χ1) is 17.0. The second-order valence-electron chi connectivity index (χ2n) is 11.1. The molecule has 194 valence electrons. The Hall–Kier alpha value is -2.19. The molecule has 0 aliphatic carbocycles. The summed E-state index contributed by atoms with van der Waals surface area (Å²) < 4.78 is 5.70. The minimum atomic E-state index is -2.53. The lowest BCUT2D eigenvalue weighted by Gasteiger charge is -2.35. The molecule has 3 aromatic carbocycles. The van der Waals surface area contributed by atoms with Crippen LogP contribution in [0, 0.1) is 0 Å². The maximum Gasteiger partial charge on any atom is 0.391 e. The predicted octanol–water partition coefficient (Wildman–Crippen LogP) is 9.03. The standard InChI is InChI=1S/C32H43O3P/c1-9-23-17-18-25(26(21-23)22(4)24-15-13-12-14-16-24)29-27(31(5,6)10-2)19-20-28(35-36(33)34)30(29)32(7,8)11-3/h12-22,33-34H,9-11H2,1-8H3. The highest BCUT2D eigenvalue weighted by molar-refractivity contribution is 7.39. The minimum absolute atomic E-state index is 0.0771. The van der Waals surface area contributed by atoms with E-state index < -0.39 is 8.60 Å². The van der Waals surface area contributed by atoms with Crippen LogP contribution < -0.4 is 4.52 Å². The average molecular weight is 507 g/mol. The first-order valence-electron chi connectivity index (χ1n) is 13.2. The fourth-order valence-corrected chi connectivity index (χ4v) is 5.30. The molecule has 0 saturated carbocycles. The van der Waals surface area contributed by atoms with Crippen molar-refractivity contribution in [2.45, 2.75) is 91.4 Å². The van der Waals surface area contributed by atoms with Crippen molar-refractivity contribution in [2.24, 2.45) is 0 Å². The van der Waals surface area contributed by atoms with Crippen LogP contribution in [0.4, 0.5) is 0 Å². The fraction of sp³-hybridized carbons (Fsp3) is 0.438. The van der Waals surface area contributed by atoms with Crippen LogP contribution in [-0.2, 0) is 17.3 Å². The first-order valence-corrected chi connectivity index (χ1v) is 14.3. The van der Waals surface area contributed by atoms with Gasteiger partial charge in [0, 0.05) is 11.5 Å². The molecular weight excluding hydrogens is 463 g/mol. The molecule has 0 spiro atoms. The molecule has 0 radical (unpaired) electrons. The van der Waals surface area contributed by atoms with Gasteiger partial charge in [-0.05, 0) is 69.5 Å². The van der Waals surface area contributed by atoms with Crippen LogP contribution in [0.2, 0.25) is 0 Å². The minimum Gasteiger partial charge on any atom is -0.427 e. The topological polar surface area (TPSA) is 49.7 Å². The molecular formula is C32H43O3P. The van der Waals surface area contributed by atoms with Gasteiger partial charge in [-0.2, -0.15) is 0 Å². The molecule has 0 bridgehead atoms. The highest BCUT2D eigenvalue weighted by Crippen LogP contribution is 2.50. The largest absolute Gasteiger partial charge is 0.427 e. The molecule has 0 aromatic heterocycles. The van der Waals surface area contributed by atoms with Crippen LogP contribution >= 0.6 is 8.60 Å². The van der Waals surface area contributed by atoms with Crippen molar-refractivity contribution in [1.82, 2.24) is 0 Å². The second kappa shape index (κ2) is 11.5. The molecule has 1 unspecified atom stereocenters. The van der Waals surface area contributed by atoms with Gasteiger partial charge in [0.1, 0.15) is 5.75 Å². The Morgan fingerprint density at radius 1 is 0.833 bits per heavy atom. The van der Waals surface area contributed by atoms with Crippen LogP contribution in [0.15, 0.2) is 60.7 Å². The van der Waals surface area contributed by atoms with Crippen LogP contribution in [0.1, 0.15) is 102 Å². The van der Waals surface area contributed by atoms with Crippen LogP contribution in [0.3, 0.4) is 0 Å². The Morgan fingerprint density at radius 2 is 1.47 bits per heavy atom. The lowest BCUT2D eigenvalue weighted by Crippen LogP contribution is -2.24. The van der Waals surface area contributed by atoms with E-state index in [1.54, 1.807) is 0 Å². The number of benzene rings is 3. The van der Waals surface area contributed by atoms with E-state index >= 15 is 0 Å². The van der Waals surface area contributed by atoms with Gasteiger partial charge in [0.15, 0.2) is 0 Å². The highest BCUT2D eigenvalue weighted by Gasteiger charge is 2.34. The third kappa shape index (κ3) is 5.86. The van der Waals surface area contributed by atoms with Gasteiger partial charge in [-0.25, -0.2) is 0 Å². The van der Waals surface area contributed by atoms with E-state index in [4.69, 9.17) is 4.52 Å². The summed E-state index contributed by atoms with van der Waals surface area (Å²) in [5, 5.41) is 0. The summed E-state index contributed by atoms with van der Waals surface area (Å²) in [6.07, 6.45) is 2.84. The summed E-state index contributed by atoms with van der Waals surface area (Å²) in [7, 11) is -2.53. The zero-order valence-corrected chi connectivity index (χ0v) is 24.1. The summed E-state index contributed by atoms with van der Waals surface area (Å²) in [5.41, 5.74) is 8.23. The molecule has 1 atom stereocenters. The molecule has 2 N–H and O–H groups in total. The van der Waals surface area contributed by atoms with Gasteiger partial charge in [0.25, 0.3) is 0 Å². The Kier molecular flexibility index (Phi) is 9.04. The van der Waals surface area contributed by atoms with Crippen molar-refractivity contribution in [3.05, 3.63) is 88.5 Å². The summed E-state index contributed by atoms with van der Waals surface area (Å²) in [6.45, 7) is 17.9. The van der Waals surface area contributed by atoms with E-state index in [2.05, 4.69) is 110 Å². The van der Waals surface area contributed by atoms with Gasteiger partial charge < -0.3 is 14.3 Å². The third-order valence-electron chi connectivity index (χ3n) is 8.08. The molecule has 0 aliphatic heterocycles. The average Bonchev–Trinajstić information content (AvgIpc) is 2.87. The van der Waals surface area contributed by atoms with Crippen LogP contribution in [0.5, 0.6) is 5.75 Å². The highest BCUT2D eigenvalue weighted by atomic mass is 31.2. The van der Waals surface area contributed by atoms with Crippen molar-refractivity contribution in [3.8, 4) is 16.9 Å². The van der Waals surface area contributed by atoms with Gasteiger partial charge >= 0.3 is 8.60 Å². The normalized spacial score (nSPS) is 13.2. The van der Waals surface area contributed by atoms with Crippen molar-refractivity contribution in [3.63, 3.8) is 0 Å². The SMILES string of the molecule is CCc1ccc(-c2c(C(C)(C)CC)ccc(OP(O)O)c2C(C)(C)CC)c(C(C)c2ccccc2)c1. The Morgan fingerprint density at radius 3 is 2.03 bits per heavy atom. The van der Waals surface area contributed by atoms with Crippen molar-refractivity contribution in [1.29, 1.82) is 0 Å². The van der Waals surface area contributed by atoms with E-state index in [0.29, 0.717) is 5.75 Å². The van der Waals surface area contributed by atoms with E-state index in [0.717, 1.165) is 24.8 Å². The second-order valence-corrected chi connectivity index (χ2v) is 11.8. The van der Waals surface area contributed by atoms with Gasteiger partial charge in [-0.15, -0.1) is 0 Å². The summed E-state index contributed by atoms with van der Waals surface area (Å²) >= 11 is 0.